The Morgan fingerprint density at radius 3 is 2.70 bits per heavy atom. The second-order valence-electron chi connectivity index (χ2n) is 4.64. The van der Waals surface area contributed by atoms with Gasteiger partial charge in [-0.2, -0.15) is 5.26 Å². The molecule has 0 saturated carbocycles. The third-order valence-electron chi connectivity index (χ3n) is 2.96. The summed E-state index contributed by atoms with van der Waals surface area (Å²) in [6, 6.07) is 9.53. The number of amides is 1. The van der Waals surface area contributed by atoms with Crippen LogP contribution >= 0.6 is 0 Å². The van der Waals surface area contributed by atoms with E-state index in [9.17, 15) is 4.79 Å². The molecule has 0 atom stereocenters. The van der Waals surface area contributed by atoms with Gasteiger partial charge < -0.3 is 14.5 Å². The maximum Gasteiger partial charge on any atom is 0.254 e. The number of rotatable bonds is 7. The summed E-state index contributed by atoms with van der Waals surface area (Å²) < 4.78 is 5.02. The highest BCUT2D eigenvalue weighted by molar-refractivity contribution is 5.95. The summed E-state index contributed by atoms with van der Waals surface area (Å²) in [5.74, 6) is -0.0685. The second kappa shape index (κ2) is 8.18. The van der Waals surface area contributed by atoms with Crippen LogP contribution in [0.15, 0.2) is 24.3 Å². The molecule has 1 aromatic rings. The van der Waals surface area contributed by atoms with E-state index in [1.807, 2.05) is 37.2 Å². The highest BCUT2D eigenvalue weighted by Gasteiger charge is 2.15. The van der Waals surface area contributed by atoms with Gasteiger partial charge in [0.05, 0.1) is 19.1 Å². The minimum Gasteiger partial charge on any atom is -0.383 e. The van der Waals surface area contributed by atoms with E-state index in [0.717, 1.165) is 5.69 Å². The second-order valence-corrected chi connectivity index (χ2v) is 4.64. The number of methoxy groups -OCH3 is 1. The smallest absolute Gasteiger partial charge is 0.254 e. The number of nitriles is 1. The Bertz CT molecular complexity index is 480. The molecule has 0 heterocycles. The molecule has 1 rings (SSSR count). The molecule has 0 aliphatic heterocycles. The van der Waals surface area contributed by atoms with Crippen LogP contribution in [0.2, 0.25) is 0 Å². The Balaban J connectivity index is 2.87. The Labute approximate surface area is 120 Å². The fourth-order valence-electron chi connectivity index (χ4n) is 1.80. The number of hydrogen-bond donors (Lipinski definition) is 0. The lowest BCUT2D eigenvalue weighted by molar-refractivity contribution is 0.0700. The predicted molar refractivity (Wildman–Crippen MR) is 78.8 cm³/mol. The zero-order valence-electron chi connectivity index (χ0n) is 12.3. The van der Waals surface area contributed by atoms with Gasteiger partial charge in [0.2, 0.25) is 0 Å². The van der Waals surface area contributed by atoms with Gasteiger partial charge in [0, 0.05) is 45.5 Å². The summed E-state index contributed by atoms with van der Waals surface area (Å²) in [5, 5.41) is 8.68. The van der Waals surface area contributed by atoms with Crippen LogP contribution in [0.4, 0.5) is 5.69 Å². The van der Waals surface area contributed by atoms with Crippen molar-refractivity contribution in [3.8, 4) is 6.07 Å². The van der Waals surface area contributed by atoms with Crippen LogP contribution in [0.3, 0.4) is 0 Å². The SMILES string of the molecule is COCCN(CCC#N)C(=O)c1cccc(N(C)C)c1. The Kier molecular flexibility index (Phi) is 6.54. The Hall–Kier alpha value is -2.06. The molecule has 0 aromatic heterocycles. The molecule has 1 amide bonds. The summed E-state index contributed by atoms with van der Waals surface area (Å²) in [6.45, 7) is 1.37. The van der Waals surface area contributed by atoms with Crippen LogP contribution < -0.4 is 4.90 Å². The van der Waals surface area contributed by atoms with E-state index in [-0.39, 0.29) is 5.91 Å². The van der Waals surface area contributed by atoms with Gasteiger partial charge in [-0.25, -0.2) is 0 Å². The summed E-state index contributed by atoms with van der Waals surface area (Å²) in [4.78, 5) is 16.1. The molecule has 108 valence electrons. The molecule has 5 nitrogen and oxygen atoms in total. The van der Waals surface area contributed by atoms with Gasteiger partial charge >= 0.3 is 0 Å². The third-order valence-corrected chi connectivity index (χ3v) is 2.96. The number of anilines is 1. The van der Waals surface area contributed by atoms with Crippen LogP contribution in [0.5, 0.6) is 0 Å². The first-order chi connectivity index (χ1) is 9.60. The number of hydrogen-bond acceptors (Lipinski definition) is 4. The molecule has 0 fully saturated rings. The van der Waals surface area contributed by atoms with Gasteiger partial charge in [-0.3, -0.25) is 4.79 Å². The lowest BCUT2D eigenvalue weighted by atomic mass is 10.1. The van der Waals surface area contributed by atoms with Crippen molar-refractivity contribution in [1.29, 1.82) is 5.26 Å². The first-order valence-electron chi connectivity index (χ1n) is 6.52. The average Bonchev–Trinajstić information content (AvgIpc) is 2.47. The summed E-state index contributed by atoms with van der Waals surface area (Å²) in [6.07, 6.45) is 0.322. The number of carbonyl (C=O) groups is 1. The van der Waals surface area contributed by atoms with Crippen LogP contribution in [-0.2, 0) is 4.74 Å². The molecule has 5 heteroatoms. The maximum atomic E-state index is 12.5. The van der Waals surface area contributed by atoms with E-state index in [4.69, 9.17) is 10.00 Å². The van der Waals surface area contributed by atoms with Gasteiger partial charge in [-0.15, -0.1) is 0 Å². The molecule has 0 radical (unpaired) electrons. The summed E-state index contributed by atoms with van der Waals surface area (Å²) in [5.41, 5.74) is 1.60. The lowest BCUT2D eigenvalue weighted by Gasteiger charge is -2.22. The third kappa shape index (κ3) is 4.56. The first-order valence-corrected chi connectivity index (χ1v) is 6.52. The molecule has 0 aliphatic carbocycles. The van der Waals surface area contributed by atoms with E-state index < -0.39 is 0 Å². The van der Waals surface area contributed by atoms with Crippen molar-refractivity contribution in [3.63, 3.8) is 0 Å². The zero-order valence-corrected chi connectivity index (χ0v) is 12.3. The van der Waals surface area contributed by atoms with Crippen LogP contribution in [0.25, 0.3) is 0 Å². The Morgan fingerprint density at radius 1 is 1.35 bits per heavy atom. The number of nitrogens with zero attached hydrogens (tertiary/aromatic N) is 3. The van der Waals surface area contributed by atoms with Crippen LogP contribution in [0, 0.1) is 11.3 Å². The largest absolute Gasteiger partial charge is 0.383 e. The van der Waals surface area contributed by atoms with E-state index in [0.29, 0.717) is 31.7 Å². The van der Waals surface area contributed by atoms with Crippen molar-refractivity contribution in [1.82, 2.24) is 4.90 Å². The normalized spacial score (nSPS) is 9.90. The Morgan fingerprint density at radius 2 is 2.10 bits per heavy atom. The highest BCUT2D eigenvalue weighted by Crippen LogP contribution is 2.15. The van der Waals surface area contributed by atoms with E-state index in [1.54, 1.807) is 18.1 Å². The molecule has 20 heavy (non-hydrogen) atoms. The molecule has 0 N–H and O–H groups in total. The topological polar surface area (TPSA) is 56.6 Å². The van der Waals surface area contributed by atoms with Crippen molar-refractivity contribution in [2.24, 2.45) is 0 Å². The van der Waals surface area contributed by atoms with Gasteiger partial charge in [0.25, 0.3) is 5.91 Å². The van der Waals surface area contributed by atoms with E-state index in [2.05, 4.69) is 6.07 Å². The molecule has 0 unspecified atom stereocenters. The zero-order chi connectivity index (χ0) is 15.0. The standard InChI is InChI=1S/C15H21N3O2/c1-17(2)14-7-4-6-13(12-14)15(19)18(9-5-8-16)10-11-20-3/h4,6-7,12H,5,9-11H2,1-3H3. The summed E-state index contributed by atoms with van der Waals surface area (Å²) >= 11 is 0. The van der Waals surface area contributed by atoms with Gasteiger partial charge in [-0.05, 0) is 18.2 Å². The van der Waals surface area contributed by atoms with Crippen LogP contribution in [0.1, 0.15) is 16.8 Å². The fourth-order valence-corrected chi connectivity index (χ4v) is 1.80. The summed E-state index contributed by atoms with van der Waals surface area (Å²) in [7, 11) is 5.46. The molecule has 0 saturated heterocycles. The van der Waals surface area contributed by atoms with Gasteiger partial charge in [-0.1, -0.05) is 6.07 Å². The lowest BCUT2D eigenvalue weighted by Crippen LogP contribution is -2.34. The van der Waals surface area contributed by atoms with Crippen molar-refractivity contribution >= 4 is 11.6 Å². The minimum atomic E-state index is -0.0685. The maximum absolute atomic E-state index is 12.5. The molecule has 0 bridgehead atoms. The van der Waals surface area contributed by atoms with E-state index in [1.165, 1.54) is 0 Å². The first kappa shape index (κ1) is 16.0. The molecule has 1 aromatic carbocycles. The van der Waals surface area contributed by atoms with Gasteiger partial charge in [0.1, 0.15) is 0 Å². The van der Waals surface area contributed by atoms with Crippen molar-refractivity contribution < 1.29 is 9.53 Å². The van der Waals surface area contributed by atoms with Crippen molar-refractivity contribution in [3.05, 3.63) is 29.8 Å². The number of benzene rings is 1. The quantitative estimate of drug-likeness (QED) is 0.761. The fraction of sp³-hybridized carbons (Fsp3) is 0.467. The number of carbonyl (C=O) groups excluding carboxylic acids is 1. The minimum absolute atomic E-state index is 0.0685. The van der Waals surface area contributed by atoms with Crippen LogP contribution in [-0.4, -0.2) is 51.7 Å². The molecule has 0 aliphatic rings. The predicted octanol–water partition coefficient (Wildman–Crippen LogP) is 1.75. The molecular weight excluding hydrogens is 254 g/mol. The molecular formula is C15H21N3O2. The van der Waals surface area contributed by atoms with Crippen molar-refractivity contribution in [2.45, 2.75) is 6.42 Å². The number of ether oxygens (including phenoxy) is 1. The highest BCUT2D eigenvalue weighted by atomic mass is 16.5. The molecule has 0 spiro atoms. The average molecular weight is 275 g/mol. The van der Waals surface area contributed by atoms with E-state index >= 15 is 0 Å². The van der Waals surface area contributed by atoms with Crippen molar-refractivity contribution in [2.75, 3.05) is 45.8 Å². The monoisotopic (exact) mass is 275 g/mol. The van der Waals surface area contributed by atoms with Gasteiger partial charge in [0.15, 0.2) is 0 Å².